The third-order valence-corrected chi connectivity index (χ3v) is 5.75. The average Bonchev–Trinajstić information content (AvgIpc) is 3.12. The SMILES string of the molecule is CC1(C)C[C@@H](C[C@H](NC(=O)[C@H]2NC[C@@H]3CCC[C@@H]32)C(=O)O)C(=O)N1. The van der Waals surface area contributed by atoms with Crippen LogP contribution >= 0.6 is 0 Å². The summed E-state index contributed by atoms with van der Waals surface area (Å²) in [5.41, 5.74) is -0.321. The molecule has 3 aliphatic rings. The highest BCUT2D eigenvalue weighted by molar-refractivity contribution is 5.88. The first-order valence-electron chi connectivity index (χ1n) is 8.85. The lowest BCUT2D eigenvalue weighted by atomic mass is 9.90. The van der Waals surface area contributed by atoms with Gasteiger partial charge in [0.2, 0.25) is 11.8 Å². The molecule has 24 heavy (non-hydrogen) atoms. The van der Waals surface area contributed by atoms with E-state index in [9.17, 15) is 19.5 Å². The van der Waals surface area contributed by atoms with Gasteiger partial charge in [0, 0.05) is 11.5 Å². The molecule has 0 bridgehead atoms. The molecular formula is C17H27N3O4. The number of amides is 2. The minimum Gasteiger partial charge on any atom is -0.480 e. The highest BCUT2D eigenvalue weighted by Gasteiger charge is 2.44. The number of carbonyl (C=O) groups excluding carboxylic acids is 2. The molecule has 1 aliphatic carbocycles. The van der Waals surface area contributed by atoms with Crippen LogP contribution in [0.5, 0.6) is 0 Å². The molecule has 0 aromatic heterocycles. The number of fused-ring (bicyclic) bond motifs is 1. The van der Waals surface area contributed by atoms with Crippen molar-refractivity contribution >= 4 is 17.8 Å². The molecule has 2 aliphatic heterocycles. The molecule has 0 unspecified atom stereocenters. The van der Waals surface area contributed by atoms with Crippen LogP contribution in [0.2, 0.25) is 0 Å². The number of hydrogen-bond acceptors (Lipinski definition) is 4. The maximum atomic E-state index is 12.5. The first-order chi connectivity index (χ1) is 11.3. The maximum absolute atomic E-state index is 12.5. The number of carbonyl (C=O) groups is 3. The van der Waals surface area contributed by atoms with Crippen molar-refractivity contribution < 1.29 is 19.5 Å². The van der Waals surface area contributed by atoms with Crippen molar-refractivity contribution in [1.82, 2.24) is 16.0 Å². The first kappa shape index (κ1) is 17.2. The van der Waals surface area contributed by atoms with Gasteiger partial charge in [-0.25, -0.2) is 4.79 Å². The Hall–Kier alpha value is -1.63. The molecule has 134 valence electrons. The lowest BCUT2D eigenvalue weighted by Crippen LogP contribution is -2.51. The predicted molar refractivity (Wildman–Crippen MR) is 87.1 cm³/mol. The largest absolute Gasteiger partial charge is 0.480 e. The van der Waals surface area contributed by atoms with Crippen LogP contribution in [0.1, 0.15) is 46.0 Å². The second-order valence-corrected chi connectivity index (χ2v) is 8.15. The van der Waals surface area contributed by atoms with E-state index in [2.05, 4.69) is 16.0 Å². The van der Waals surface area contributed by atoms with Crippen molar-refractivity contribution in [3.05, 3.63) is 0 Å². The Labute approximate surface area is 141 Å². The van der Waals surface area contributed by atoms with Gasteiger partial charge in [-0.2, -0.15) is 0 Å². The van der Waals surface area contributed by atoms with Gasteiger partial charge in [0.1, 0.15) is 6.04 Å². The molecule has 0 radical (unpaired) electrons. The van der Waals surface area contributed by atoms with Gasteiger partial charge >= 0.3 is 5.97 Å². The number of carboxylic acids is 1. The van der Waals surface area contributed by atoms with E-state index in [0.717, 1.165) is 25.8 Å². The van der Waals surface area contributed by atoms with Crippen LogP contribution in [0, 0.1) is 17.8 Å². The van der Waals surface area contributed by atoms with Gasteiger partial charge < -0.3 is 21.1 Å². The summed E-state index contributed by atoms with van der Waals surface area (Å²) in [7, 11) is 0. The molecule has 4 N–H and O–H groups in total. The predicted octanol–water partition coefficient (Wildman–Crippen LogP) is 0.249. The van der Waals surface area contributed by atoms with Gasteiger partial charge in [-0.1, -0.05) is 6.42 Å². The summed E-state index contributed by atoms with van der Waals surface area (Å²) in [5, 5.41) is 18.2. The molecule has 3 fully saturated rings. The van der Waals surface area contributed by atoms with Gasteiger partial charge in [0.15, 0.2) is 0 Å². The fourth-order valence-corrected chi connectivity index (χ4v) is 4.63. The van der Waals surface area contributed by atoms with Gasteiger partial charge in [-0.3, -0.25) is 9.59 Å². The van der Waals surface area contributed by atoms with Crippen LogP contribution in [0.15, 0.2) is 0 Å². The summed E-state index contributed by atoms with van der Waals surface area (Å²) in [5.74, 6) is -0.984. The molecule has 1 saturated carbocycles. The number of rotatable bonds is 5. The third kappa shape index (κ3) is 3.41. The zero-order chi connectivity index (χ0) is 17.5. The smallest absolute Gasteiger partial charge is 0.326 e. The van der Waals surface area contributed by atoms with Crippen molar-refractivity contribution in [3.8, 4) is 0 Å². The first-order valence-corrected chi connectivity index (χ1v) is 8.85. The molecule has 3 rings (SSSR count). The van der Waals surface area contributed by atoms with E-state index in [0.29, 0.717) is 18.3 Å². The fourth-order valence-electron chi connectivity index (χ4n) is 4.63. The van der Waals surface area contributed by atoms with Crippen molar-refractivity contribution in [2.75, 3.05) is 6.54 Å². The lowest BCUT2D eigenvalue weighted by Gasteiger charge is -2.22. The Kier molecular flexibility index (Phi) is 4.55. The van der Waals surface area contributed by atoms with Gasteiger partial charge in [-0.05, 0) is 57.9 Å². The summed E-state index contributed by atoms with van der Waals surface area (Å²) in [6, 6.07) is -1.32. The number of nitrogens with one attached hydrogen (secondary N) is 3. The normalized spacial score (nSPS) is 35.3. The van der Waals surface area contributed by atoms with Crippen molar-refractivity contribution in [2.45, 2.75) is 63.6 Å². The molecule has 7 heteroatoms. The zero-order valence-corrected chi connectivity index (χ0v) is 14.3. The van der Waals surface area contributed by atoms with E-state index < -0.39 is 12.0 Å². The van der Waals surface area contributed by atoms with Crippen LogP contribution in [0.25, 0.3) is 0 Å². The molecule has 5 atom stereocenters. The van der Waals surface area contributed by atoms with Crippen LogP contribution in [-0.4, -0.2) is 47.1 Å². The minimum absolute atomic E-state index is 0.129. The van der Waals surface area contributed by atoms with Crippen molar-refractivity contribution in [3.63, 3.8) is 0 Å². The quantitative estimate of drug-likeness (QED) is 0.575. The number of carboxylic acid groups (broad SMARTS) is 1. The molecule has 0 aromatic carbocycles. The standard InChI is InChI=1S/C17H27N3O4/c1-17(2)7-10(14(21)20-17)6-12(16(23)24)19-15(22)13-11-5-3-4-9(11)8-18-13/h9-13,18H,3-8H2,1-2H3,(H,19,22)(H,20,21)(H,23,24)/t9-,10+,11-,12-,13-/m0/s1. The highest BCUT2D eigenvalue weighted by atomic mass is 16.4. The Bertz CT molecular complexity index is 548. The molecule has 0 spiro atoms. The Balaban J connectivity index is 1.61. The summed E-state index contributed by atoms with van der Waals surface area (Å²) in [6.45, 7) is 4.67. The van der Waals surface area contributed by atoms with E-state index >= 15 is 0 Å². The topological polar surface area (TPSA) is 108 Å². The Morgan fingerprint density at radius 1 is 1.38 bits per heavy atom. The highest BCUT2D eigenvalue weighted by Crippen LogP contribution is 2.37. The second kappa shape index (κ2) is 6.35. The molecule has 7 nitrogen and oxygen atoms in total. The van der Waals surface area contributed by atoms with Gasteiger partial charge in [-0.15, -0.1) is 0 Å². The average molecular weight is 337 g/mol. The number of hydrogen-bond donors (Lipinski definition) is 4. The zero-order valence-electron chi connectivity index (χ0n) is 14.3. The van der Waals surface area contributed by atoms with E-state index in [1.807, 2.05) is 13.8 Å². The summed E-state index contributed by atoms with van der Waals surface area (Å²) >= 11 is 0. The van der Waals surface area contributed by atoms with Crippen LogP contribution in [0.3, 0.4) is 0 Å². The van der Waals surface area contributed by atoms with E-state index in [1.165, 1.54) is 0 Å². The third-order valence-electron chi connectivity index (χ3n) is 5.75. The molecule has 2 amide bonds. The second-order valence-electron chi connectivity index (χ2n) is 8.15. The Morgan fingerprint density at radius 3 is 2.75 bits per heavy atom. The summed E-state index contributed by atoms with van der Waals surface area (Å²) < 4.78 is 0. The Morgan fingerprint density at radius 2 is 2.12 bits per heavy atom. The summed E-state index contributed by atoms with van der Waals surface area (Å²) in [4.78, 5) is 36.1. The summed E-state index contributed by atoms with van der Waals surface area (Å²) in [6.07, 6.45) is 4.02. The van der Waals surface area contributed by atoms with Crippen molar-refractivity contribution in [1.29, 1.82) is 0 Å². The van der Waals surface area contributed by atoms with E-state index in [1.54, 1.807) is 0 Å². The van der Waals surface area contributed by atoms with Crippen LogP contribution in [0.4, 0.5) is 0 Å². The molecule has 2 heterocycles. The van der Waals surface area contributed by atoms with Gasteiger partial charge in [0.05, 0.1) is 6.04 Å². The maximum Gasteiger partial charge on any atom is 0.326 e. The van der Waals surface area contributed by atoms with Crippen molar-refractivity contribution in [2.24, 2.45) is 17.8 Å². The lowest BCUT2D eigenvalue weighted by molar-refractivity contribution is -0.143. The molecule has 2 saturated heterocycles. The van der Waals surface area contributed by atoms with Crippen LogP contribution in [-0.2, 0) is 14.4 Å². The molecule has 0 aromatic rings. The molecular weight excluding hydrogens is 310 g/mol. The minimum atomic E-state index is -1.08. The van der Waals surface area contributed by atoms with E-state index in [-0.39, 0.29) is 35.7 Å². The van der Waals surface area contributed by atoms with Gasteiger partial charge in [0.25, 0.3) is 0 Å². The van der Waals surface area contributed by atoms with Crippen LogP contribution < -0.4 is 16.0 Å². The number of aliphatic carboxylic acids is 1. The fraction of sp³-hybridized carbons (Fsp3) is 0.824. The van der Waals surface area contributed by atoms with E-state index in [4.69, 9.17) is 0 Å². The monoisotopic (exact) mass is 337 g/mol.